The van der Waals surface area contributed by atoms with Crippen molar-refractivity contribution in [2.45, 2.75) is 6.42 Å². The third-order valence-corrected chi connectivity index (χ3v) is 2.80. The summed E-state index contributed by atoms with van der Waals surface area (Å²) in [6.45, 7) is 0.729. The third kappa shape index (κ3) is 3.02. The first-order chi connectivity index (χ1) is 8.69. The number of hydrogen-bond donors (Lipinski definition) is 1. The Morgan fingerprint density at radius 2 is 2.28 bits per heavy atom. The Kier molecular flexibility index (Phi) is 3.85. The molecule has 0 amide bonds. The van der Waals surface area contributed by atoms with Crippen LogP contribution in [0.15, 0.2) is 30.5 Å². The minimum atomic E-state index is 0.559. The van der Waals surface area contributed by atoms with Gasteiger partial charge in [-0.3, -0.25) is 4.68 Å². The van der Waals surface area contributed by atoms with Crippen LogP contribution in [0.4, 0.5) is 5.69 Å². The smallest absolute Gasteiger partial charge is 0.101 e. The second-order valence-corrected chi connectivity index (χ2v) is 4.40. The van der Waals surface area contributed by atoms with E-state index in [1.807, 2.05) is 25.4 Å². The molecule has 18 heavy (non-hydrogen) atoms. The molecule has 1 N–H and O–H groups in total. The number of nitrogens with zero attached hydrogens (tertiary/aromatic N) is 3. The van der Waals surface area contributed by atoms with Crippen LogP contribution in [0.2, 0.25) is 5.02 Å². The first kappa shape index (κ1) is 12.5. The fourth-order valence-electron chi connectivity index (χ4n) is 1.68. The lowest BCUT2D eigenvalue weighted by atomic mass is 10.2. The number of benzene rings is 1. The highest BCUT2D eigenvalue weighted by molar-refractivity contribution is 6.30. The van der Waals surface area contributed by atoms with Crippen LogP contribution in [0.1, 0.15) is 11.3 Å². The van der Waals surface area contributed by atoms with Crippen LogP contribution in [0, 0.1) is 11.3 Å². The van der Waals surface area contributed by atoms with Crippen LogP contribution >= 0.6 is 11.6 Å². The molecule has 1 aromatic heterocycles. The third-order valence-electron chi connectivity index (χ3n) is 2.57. The highest BCUT2D eigenvalue weighted by Gasteiger charge is 2.03. The quantitative estimate of drug-likeness (QED) is 0.919. The van der Waals surface area contributed by atoms with E-state index in [0.717, 1.165) is 24.3 Å². The van der Waals surface area contributed by atoms with Crippen molar-refractivity contribution in [3.63, 3.8) is 0 Å². The Morgan fingerprint density at radius 3 is 2.94 bits per heavy atom. The number of aromatic nitrogens is 2. The Hall–Kier alpha value is -1.99. The molecule has 92 valence electrons. The fraction of sp³-hybridized carbons (Fsp3) is 0.231. The first-order valence-corrected chi connectivity index (χ1v) is 5.99. The number of nitriles is 1. The second kappa shape index (κ2) is 5.56. The molecule has 0 spiro atoms. The fourth-order valence-corrected chi connectivity index (χ4v) is 1.86. The van der Waals surface area contributed by atoms with E-state index in [-0.39, 0.29) is 0 Å². The molecule has 0 saturated carbocycles. The Morgan fingerprint density at radius 1 is 1.44 bits per heavy atom. The predicted octanol–water partition coefficient (Wildman–Crippen LogP) is 2.60. The van der Waals surface area contributed by atoms with Crippen LogP contribution in [-0.2, 0) is 13.5 Å². The van der Waals surface area contributed by atoms with Crippen molar-refractivity contribution in [1.29, 1.82) is 5.26 Å². The monoisotopic (exact) mass is 260 g/mol. The predicted molar refractivity (Wildman–Crippen MR) is 71.6 cm³/mol. The van der Waals surface area contributed by atoms with Crippen molar-refractivity contribution >= 4 is 17.3 Å². The van der Waals surface area contributed by atoms with E-state index in [9.17, 15) is 0 Å². The first-order valence-electron chi connectivity index (χ1n) is 5.61. The summed E-state index contributed by atoms with van der Waals surface area (Å²) in [5, 5.41) is 17.1. The maximum absolute atomic E-state index is 9.00. The molecule has 0 aliphatic heterocycles. The molecule has 2 rings (SSSR count). The Bertz CT molecular complexity index is 583. The van der Waals surface area contributed by atoms with Gasteiger partial charge in [-0.2, -0.15) is 10.4 Å². The van der Waals surface area contributed by atoms with Gasteiger partial charge in [0.05, 0.1) is 16.9 Å². The summed E-state index contributed by atoms with van der Waals surface area (Å²) in [6, 6.07) is 9.35. The zero-order chi connectivity index (χ0) is 13.0. The van der Waals surface area contributed by atoms with E-state index in [1.54, 1.807) is 16.8 Å². The number of nitrogens with one attached hydrogen (secondary N) is 1. The van der Waals surface area contributed by atoms with Crippen molar-refractivity contribution in [1.82, 2.24) is 9.78 Å². The van der Waals surface area contributed by atoms with Gasteiger partial charge < -0.3 is 5.32 Å². The standard InChI is InChI=1S/C13H13ClN4/c1-18-7-5-12(17-18)4-6-16-13-3-2-11(14)8-10(13)9-15/h2-3,5,7-8,16H,4,6H2,1H3. The summed E-state index contributed by atoms with van der Waals surface area (Å²) in [6.07, 6.45) is 2.73. The number of aryl methyl sites for hydroxylation is 1. The number of halogens is 1. The Balaban J connectivity index is 1.96. The average Bonchev–Trinajstić information content (AvgIpc) is 2.77. The van der Waals surface area contributed by atoms with Crippen LogP contribution in [-0.4, -0.2) is 16.3 Å². The normalized spacial score (nSPS) is 10.1. The lowest BCUT2D eigenvalue weighted by molar-refractivity contribution is 0.742. The number of anilines is 1. The van der Waals surface area contributed by atoms with E-state index in [2.05, 4.69) is 16.5 Å². The molecule has 0 bridgehead atoms. The zero-order valence-electron chi connectivity index (χ0n) is 10.0. The van der Waals surface area contributed by atoms with E-state index in [4.69, 9.17) is 16.9 Å². The molecule has 5 heteroatoms. The largest absolute Gasteiger partial charge is 0.384 e. The molecule has 2 aromatic rings. The zero-order valence-corrected chi connectivity index (χ0v) is 10.8. The minimum absolute atomic E-state index is 0.559. The van der Waals surface area contributed by atoms with E-state index in [0.29, 0.717) is 10.6 Å². The highest BCUT2D eigenvalue weighted by Crippen LogP contribution is 2.19. The van der Waals surface area contributed by atoms with E-state index < -0.39 is 0 Å². The van der Waals surface area contributed by atoms with E-state index >= 15 is 0 Å². The van der Waals surface area contributed by atoms with Gasteiger partial charge in [0.2, 0.25) is 0 Å². The molecule has 1 heterocycles. The molecule has 0 saturated heterocycles. The van der Waals surface area contributed by atoms with Crippen molar-refractivity contribution in [2.24, 2.45) is 7.05 Å². The molecule has 0 aliphatic rings. The molecule has 1 aromatic carbocycles. The summed E-state index contributed by atoms with van der Waals surface area (Å²) < 4.78 is 1.78. The van der Waals surface area contributed by atoms with Crippen molar-refractivity contribution < 1.29 is 0 Å². The van der Waals surface area contributed by atoms with E-state index in [1.165, 1.54) is 0 Å². The van der Waals surface area contributed by atoms with Gasteiger partial charge in [-0.25, -0.2) is 0 Å². The van der Waals surface area contributed by atoms with Gasteiger partial charge in [-0.15, -0.1) is 0 Å². The summed E-state index contributed by atoms with van der Waals surface area (Å²) >= 11 is 5.84. The SMILES string of the molecule is Cn1ccc(CCNc2ccc(Cl)cc2C#N)n1. The van der Waals surface area contributed by atoms with Gasteiger partial charge in [0.1, 0.15) is 6.07 Å². The van der Waals surface area contributed by atoms with Crippen molar-refractivity contribution in [2.75, 3.05) is 11.9 Å². The van der Waals surface area contributed by atoms with Crippen LogP contribution < -0.4 is 5.32 Å². The lowest BCUT2D eigenvalue weighted by Crippen LogP contribution is -2.06. The molecule has 4 nitrogen and oxygen atoms in total. The van der Waals surface area contributed by atoms with Crippen molar-refractivity contribution in [3.8, 4) is 6.07 Å². The van der Waals surface area contributed by atoms with Crippen LogP contribution in [0.5, 0.6) is 0 Å². The molecule has 0 fully saturated rings. The molecule has 0 unspecified atom stereocenters. The summed E-state index contributed by atoms with van der Waals surface area (Å²) in [7, 11) is 1.89. The summed E-state index contributed by atoms with van der Waals surface area (Å²) in [5.74, 6) is 0. The maximum atomic E-state index is 9.00. The van der Waals surface area contributed by atoms with Gasteiger partial charge in [0, 0.05) is 31.2 Å². The van der Waals surface area contributed by atoms with Gasteiger partial charge in [-0.1, -0.05) is 11.6 Å². The van der Waals surface area contributed by atoms with Gasteiger partial charge in [-0.05, 0) is 24.3 Å². The number of rotatable bonds is 4. The molecule has 0 atom stereocenters. The Labute approximate surface area is 111 Å². The molecule has 0 radical (unpaired) electrons. The molecule has 0 aliphatic carbocycles. The van der Waals surface area contributed by atoms with Crippen LogP contribution in [0.25, 0.3) is 0 Å². The molecular formula is C13H13ClN4. The highest BCUT2D eigenvalue weighted by atomic mass is 35.5. The minimum Gasteiger partial charge on any atom is -0.384 e. The van der Waals surface area contributed by atoms with Crippen LogP contribution in [0.3, 0.4) is 0 Å². The summed E-state index contributed by atoms with van der Waals surface area (Å²) in [5.41, 5.74) is 2.39. The van der Waals surface area contributed by atoms with Crippen molar-refractivity contribution in [3.05, 3.63) is 46.7 Å². The van der Waals surface area contributed by atoms with Gasteiger partial charge in [0.25, 0.3) is 0 Å². The molecular weight excluding hydrogens is 248 g/mol. The second-order valence-electron chi connectivity index (χ2n) is 3.96. The van der Waals surface area contributed by atoms with Gasteiger partial charge >= 0.3 is 0 Å². The topological polar surface area (TPSA) is 53.6 Å². The summed E-state index contributed by atoms with van der Waals surface area (Å²) in [4.78, 5) is 0. The average molecular weight is 261 g/mol. The maximum Gasteiger partial charge on any atom is 0.101 e. The number of hydrogen-bond acceptors (Lipinski definition) is 3. The van der Waals surface area contributed by atoms with Gasteiger partial charge in [0.15, 0.2) is 0 Å². The lowest BCUT2D eigenvalue weighted by Gasteiger charge is -2.07.